The van der Waals surface area contributed by atoms with E-state index in [1.165, 1.54) is 13.3 Å². The summed E-state index contributed by atoms with van der Waals surface area (Å²) in [5.74, 6) is 1.96. The highest BCUT2D eigenvalue weighted by Gasteiger charge is 2.34. The van der Waals surface area contributed by atoms with E-state index in [1.54, 1.807) is 0 Å². The Morgan fingerprint density at radius 1 is 1.34 bits per heavy atom. The van der Waals surface area contributed by atoms with Crippen molar-refractivity contribution in [2.45, 2.75) is 57.3 Å². The molecule has 0 unspecified atom stereocenters. The standard InChI is InChI=1S/C23H30ClN5O3/c1-15(28-16(2)30)17-4-6-18(7-5-17)32-19-8-11-29(12-19)22-20(24)21(26-14-27-22)25-13-23(31)9-3-10-23/h4-7,14-15,19,31H,3,8-13H2,1-2H3,(H,28,30)(H,25,26,27)/t15-,19+/m0/s1. The highest BCUT2D eigenvalue weighted by Crippen LogP contribution is 2.35. The zero-order valence-corrected chi connectivity index (χ0v) is 19.2. The number of rotatable bonds is 8. The monoisotopic (exact) mass is 459 g/mol. The lowest BCUT2D eigenvalue weighted by Crippen LogP contribution is -2.43. The number of ether oxygens (including phenoxy) is 1. The molecule has 1 aromatic carbocycles. The second-order valence-corrected chi connectivity index (χ2v) is 9.14. The Kier molecular flexibility index (Phi) is 6.71. The molecule has 2 fully saturated rings. The van der Waals surface area contributed by atoms with Gasteiger partial charge in [0.15, 0.2) is 11.6 Å². The number of anilines is 2. The summed E-state index contributed by atoms with van der Waals surface area (Å²) >= 11 is 6.59. The van der Waals surface area contributed by atoms with Crippen LogP contribution in [-0.4, -0.2) is 52.3 Å². The number of halogens is 1. The maximum atomic E-state index is 11.2. The molecule has 1 amide bonds. The fraction of sp³-hybridized carbons (Fsp3) is 0.522. The van der Waals surface area contributed by atoms with Crippen LogP contribution in [0.5, 0.6) is 5.75 Å². The van der Waals surface area contributed by atoms with Gasteiger partial charge in [-0.25, -0.2) is 9.97 Å². The lowest BCUT2D eigenvalue weighted by atomic mass is 9.80. The van der Waals surface area contributed by atoms with Crippen molar-refractivity contribution < 1.29 is 14.6 Å². The molecule has 2 aliphatic rings. The zero-order valence-electron chi connectivity index (χ0n) is 18.5. The normalized spacial score (nSPS) is 20.4. The van der Waals surface area contributed by atoms with Crippen LogP contribution in [-0.2, 0) is 4.79 Å². The molecule has 2 aromatic rings. The molecule has 0 bridgehead atoms. The highest BCUT2D eigenvalue weighted by atomic mass is 35.5. The first-order valence-electron chi connectivity index (χ1n) is 11.1. The summed E-state index contributed by atoms with van der Waals surface area (Å²) in [4.78, 5) is 22.0. The van der Waals surface area contributed by atoms with Crippen molar-refractivity contribution in [1.29, 1.82) is 0 Å². The van der Waals surface area contributed by atoms with Gasteiger partial charge in [-0.15, -0.1) is 0 Å². The number of carbonyl (C=O) groups excluding carboxylic acids is 1. The molecule has 2 atom stereocenters. The van der Waals surface area contributed by atoms with Gasteiger partial charge in [0, 0.05) is 26.4 Å². The minimum Gasteiger partial charge on any atom is -0.489 e. The van der Waals surface area contributed by atoms with Crippen molar-refractivity contribution in [2.75, 3.05) is 29.9 Å². The van der Waals surface area contributed by atoms with Gasteiger partial charge in [0.1, 0.15) is 23.2 Å². The Bertz CT molecular complexity index is 951. The van der Waals surface area contributed by atoms with Gasteiger partial charge in [-0.1, -0.05) is 23.7 Å². The van der Waals surface area contributed by atoms with Crippen molar-refractivity contribution in [3.63, 3.8) is 0 Å². The first kappa shape index (κ1) is 22.6. The minimum absolute atomic E-state index is 0.0201. The highest BCUT2D eigenvalue weighted by molar-refractivity contribution is 6.35. The van der Waals surface area contributed by atoms with Crippen molar-refractivity contribution in [2.24, 2.45) is 0 Å². The van der Waals surface area contributed by atoms with Crippen LogP contribution in [0, 0.1) is 0 Å². The number of benzene rings is 1. The minimum atomic E-state index is -0.656. The molecule has 3 N–H and O–H groups in total. The summed E-state index contributed by atoms with van der Waals surface area (Å²) in [5, 5.41) is 16.8. The van der Waals surface area contributed by atoms with Crippen molar-refractivity contribution >= 4 is 29.1 Å². The van der Waals surface area contributed by atoms with Crippen LogP contribution in [0.25, 0.3) is 0 Å². The van der Waals surface area contributed by atoms with E-state index in [9.17, 15) is 9.90 Å². The van der Waals surface area contributed by atoms with E-state index >= 15 is 0 Å². The smallest absolute Gasteiger partial charge is 0.217 e. The topological polar surface area (TPSA) is 99.6 Å². The summed E-state index contributed by atoms with van der Waals surface area (Å²) in [5.41, 5.74) is 0.371. The van der Waals surface area contributed by atoms with Gasteiger partial charge >= 0.3 is 0 Å². The molecule has 8 nitrogen and oxygen atoms in total. The second kappa shape index (κ2) is 9.50. The Morgan fingerprint density at radius 3 is 2.75 bits per heavy atom. The van der Waals surface area contributed by atoms with E-state index in [4.69, 9.17) is 16.3 Å². The van der Waals surface area contributed by atoms with Gasteiger partial charge in [0.2, 0.25) is 5.91 Å². The number of nitrogens with one attached hydrogen (secondary N) is 2. The van der Waals surface area contributed by atoms with Crippen LogP contribution in [0.3, 0.4) is 0 Å². The first-order chi connectivity index (χ1) is 15.3. The van der Waals surface area contributed by atoms with E-state index in [2.05, 4.69) is 25.5 Å². The number of amides is 1. The third-order valence-corrected chi connectivity index (χ3v) is 6.54. The lowest BCUT2D eigenvalue weighted by Gasteiger charge is -2.36. The maximum Gasteiger partial charge on any atom is 0.217 e. The summed E-state index contributed by atoms with van der Waals surface area (Å²) in [6.07, 6.45) is 5.02. The van der Waals surface area contributed by atoms with Crippen LogP contribution >= 0.6 is 11.6 Å². The quantitative estimate of drug-likeness (QED) is 0.556. The molecule has 1 aliphatic heterocycles. The molecular weight excluding hydrogens is 430 g/mol. The summed E-state index contributed by atoms with van der Waals surface area (Å²) in [6, 6.07) is 7.76. The van der Waals surface area contributed by atoms with Gasteiger partial charge in [-0.05, 0) is 43.9 Å². The van der Waals surface area contributed by atoms with E-state index in [1.807, 2.05) is 31.2 Å². The summed E-state index contributed by atoms with van der Waals surface area (Å²) in [7, 11) is 0. The lowest BCUT2D eigenvalue weighted by molar-refractivity contribution is -0.119. The fourth-order valence-corrected chi connectivity index (χ4v) is 4.43. The molecule has 1 aromatic heterocycles. The molecule has 0 radical (unpaired) electrons. The molecule has 9 heteroatoms. The molecular formula is C23H30ClN5O3. The molecule has 4 rings (SSSR count). The van der Waals surface area contributed by atoms with E-state index in [0.717, 1.165) is 43.5 Å². The molecule has 172 valence electrons. The molecule has 32 heavy (non-hydrogen) atoms. The number of carbonyl (C=O) groups is 1. The average Bonchev–Trinajstić information content (AvgIpc) is 3.20. The average molecular weight is 460 g/mol. The third kappa shape index (κ3) is 5.24. The second-order valence-electron chi connectivity index (χ2n) is 8.76. The van der Waals surface area contributed by atoms with Crippen LogP contribution < -0.4 is 20.3 Å². The van der Waals surface area contributed by atoms with Crippen LogP contribution in [0.4, 0.5) is 11.6 Å². The van der Waals surface area contributed by atoms with Crippen molar-refractivity contribution in [1.82, 2.24) is 15.3 Å². The number of aromatic nitrogens is 2. The predicted molar refractivity (Wildman–Crippen MR) is 124 cm³/mol. The SMILES string of the molecule is CC(=O)N[C@@H](C)c1ccc(O[C@@H]2CCN(c3ncnc(NCC4(O)CCC4)c3Cl)C2)cc1. The molecule has 1 saturated heterocycles. The Morgan fingerprint density at radius 2 is 2.09 bits per heavy atom. The summed E-state index contributed by atoms with van der Waals surface area (Å²) in [6.45, 7) is 5.35. The molecule has 0 spiro atoms. The number of hydrogen-bond donors (Lipinski definition) is 3. The van der Waals surface area contributed by atoms with Crippen LogP contribution in [0.1, 0.15) is 51.1 Å². The maximum absolute atomic E-state index is 11.2. The van der Waals surface area contributed by atoms with Gasteiger partial charge in [-0.3, -0.25) is 4.79 Å². The molecule has 2 heterocycles. The number of nitrogens with zero attached hydrogens (tertiary/aromatic N) is 3. The predicted octanol–water partition coefficient (Wildman–Crippen LogP) is 3.31. The number of hydrogen-bond acceptors (Lipinski definition) is 7. The Hall–Kier alpha value is -2.58. The van der Waals surface area contributed by atoms with Crippen molar-refractivity contribution in [3.8, 4) is 5.75 Å². The van der Waals surface area contributed by atoms with Gasteiger partial charge in [-0.2, -0.15) is 0 Å². The van der Waals surface area contributed by atoms with E-state index < -0.39 is 5.60 Å². The first-order valence-corrected chi connectivity index (χ1v) is 11.5. The largest absolute Gasteiger partial charge is 0.489 e. The third-order valence-electron chi connectivity index (χ3n) is 6.19. The van der Waals surface area contributed by atoms with Gasteiger partial charge in [0.05, 0.1) is 18.2 Å². The van der Waals surface area contributed by atoms with E-state index in [-0.39, 0.29) is 18.1 Å². The molecule has 1 saturated carbocycles. The zero-order chi connectivity index (χ0) is 22.7. The molecule has 1 aliphatic carbocycles. The Balaban J connectivity index is 1.34. The summed E-state index contributed by atoms with van der Waals surface area (Å²) < 4.78 is 6.16. The van der Waals surface area contributed by atoms with Gasteiger partial charge < -0.3 is 25.4 Å². The van der Waals surface area contributed by atoms with Crippen molar-refractivity contribution in [3.05, 3.63) is 41.2 Å². The number of aliphatic hydroxyl groups is 1. The van der Waals surface area contributed by atoms with E-state index in [0.29, 0.717) is 29.7 Å². The fourth-order valence-electron chi connectivity index (χ4n) is 4.15. The Labute approximate surface area is 193 Å². The van der Waals surface area contributed by atoms with Gasteiger partial charge in [0.25, 0.3) is 0 Å². The van der Waals surface area contributed by atoms with Crippen LogP contribution in [0.15, 0.2) is 30.6 Å². The van der Waals surface area contributed by atoms with Crippen LogP contribution in [0.2, 0.25) is 5.02 Å².